The molecule has 0 radical (unpaired) electrons. The number of azide groups is 1. The molecule has 2 atom stereocenters. The van der Waals surface area contributed by atoms with Gasteiger partial charge in [0.1, 0.15) is 11.5 Å². The van der Waals surface area contributed by atoms with Gasteiger partial charge in [-0.3, -0.25) is 38.9 Å². The second-order valence-corrected chi connectivity index (χ2v) is 16.8. The summed E-state index contributed by atoms with van der Waals surface area (Å²) in [5.41, 5.74) is 27.2. The number of carbonyl (C=O) groups excluding carboxylic acids is 2. The summed E-state index contributed by atoms with van der Waals surface area (Å²) in [7, 11) is -0.898. The summed E-state index contributed by atoms with van der Waals surface area (Å²) in [6.45, 7) is 2.58. The standard InChI is InChI=1S/C26H26N2O7S.C19H19N5O4.N3.Na/c1-18-6-10-23(11-7-18)36(32,33)35-17-22-9-13-26(29)27(22)16-19-8-12-25(34-2)24(14-19)20-4-3-5-21(15-20)28(30)31;1-28-18-7-5-13(12-23-16(11-21-22-20)6-8-19(23)25)9-17(18)14-3-2-4-15(10-14)24(26)27;1-3-2;/h3-8,10-12,14-15,22H,9,13,16-17H2,1-2H3;2-5,7,9-10,16H,6,8,11-12H2,1H3;;/q;;-1;+1. The largest absolute Gasteiger partial charge is 1.00 e. The number of non-ortho nitro benzene ring substituents is 2. The van der Waals surface area contributed by atoms with Crippen molar-refractivity contribution >= 4 is 33.3 Å². The molecule has 2 heterocycles. The normalized spacial score (nSPS) is 15.0. The third kappa shape index (κ3) is 14.0. The van der Waals surface area contributed by atoms with Crippen LogP contribution in [0.15, 0.2) is 119 Å². The van der Waals surface area contributed by atoms with E-state index in [-0.39, 0.29) is 83.4 Å². The van der Waals surface area contributed by atoms with E-state index >= 15 is 0 Å². The monoisotopic (exact) mass is 956 g/mol. The number of amides is 2. The van der Waals surface area contributed by atoms with E-state index in [2.05, 4.69) is 10.0 Å². The van der Waals surface area contributed by atoms with Gasteiger partial charge < -0.3 is 30.3 Å². The fourth-order valence-electron chi connectivity index (χ4n) is 7.58. The molecular formula is C45H45N10NaO11S. The molecule has 5 aromatic rings. The summed E-state index contributed by atoms with van der Waals surface area (Å²) in [6, 6.07) is 29.3. The van der Waals surface area contributed by atoms with Crippen molar-refractivity contribution in [1.29, 1.82) is 0 Å². The van der Waals surface area contributed by atoms with Gasteiger partial charge in [0, 0.05) is 78.8 Å². The summed E-state index contributed by atoms with van der Waals surface area (Å²) in [5, 5.41) is 25.9. The second-order valence-electron chi connectivity index (χ2n) is 15.2. The van der Waals surface area contributed by atoms with Gasteiger partial charge in [-0.2, -0.15) is 8.42 Å². The number of nitrogens with zero attached hydrogens (tertiary/aromatic N) is 10. The van der Waals surface area contributed by atoms with Crippen LogP contribution in [0.5, 0.6) is 11.5 Å². The quantitative estimate of drug-likeness (QED) is 0.0198. The molecule has 0 bridgehead atoms. The van der Waals surface area contributed by atoms with E-state index in [1.807, 2.05) is 31.2 Å². The Hall–Kier alpha value is -7.03. The van der Waals surface area contributed by atoms with E-state index in [1.165, 1.54) is 55.5 Å². The summed E-state index contributed by atoms with van der Waals surface area (Å²) in [5.74, 6) is 1.05. The smallest absolute Gasteiger partial charge is 0.496 e. The van der Waals surface area contributed by atoms with Crippen molar-refractivity contribution in [3.63, 3.8) is 0 Å². The molecule has 0 aromatic heterocycles. The van der Waals surface area contributed by atoms with E-state index in [0.717, 1.165) is 16.7 Å². The van der Waals surface area contributed by atoms with E-state index in [0.29, 0.717) is 66.0 Å². The van der Waals surface area contributed by atoms with Crippen LogP contribution in [0, 0.1) is 27.2 Å². The maximum absolute atomic E-state index is 12.6. The minimum absolute atomic E-state index is 0. The molecule has 23 heteroatoms. The van der Waals surface area contributed by atoms with Gasteiger partial charge in [-0.15, -0.1) is 0 Å². The minimum atomic E-state index is -3.95. The zero-order valence-corrected chi connectivity index (χ0v) is 40.4. The molecule has 0 aliphatic carbocycles. The van der Waals surface area contributed by atoms with Crippen LogP contribution in [0.3, 0.4) is 0 Å². The van der Waals surface area contributed by atoms with Crippen molar-refractivity contribution in [2.45, 2.75) is 62.7 Å². The van der Waals surface area contributed by atoms with Crippen LogP contribution in [-0.2, 0) is 37.0 Å². The molecule has 5 aromatic carbocycles. The van der Waals surface area contributed by atoms with Gasteiger partial charge >= 0.3 is 29.6 Å². The van der Waals surface area contributed by atoms with Crippen molar-refractivity contribution in [3.8, 4) is 33.8 Å². The first-order valence-corrected chi connectivity index (χ1v) is 21.9. The van der Waals surface area contributed by atoms with Crippen LogP contribution in [0.25, 0.3) is 48.7 Å². The van der Waals surface area contributed by atoms with Crippen molar-refractivity contribution < 1.29 is 71.1 Å². The molecule has 0 saturated carbocycles. The number of hydrogen-bond acceptors (Lipinski definition) is 12. The first-order valence-electron chi connectivity index (χ1n) is 20.5. The van der Waals surface area contributed by atoms with Crippen molar-refractivity contribution in [3.05, 3.63) is 173 Å². The topological polar surface area (TPSA) is 296 Å². The summed E-state index contributed by atoms with van der Waals surface area (Å²) < 4.78 is 41.4. The first kappa shape index (κ1) is 53.6. The molecular weight excluding hydrogens is 912 g/mol. The number of methoxy groups -OCH3 is 2. The van der Waals surface area contributed by atoms with E-state index in [9.17, 15) is 38.2 Å². The average molecular weight is 957 g/mol. The molecule has 2 amide bonds. The van der Waals surface area contributed by atoms with Gasteiger partial charge in [-0.05, 0) is 83.9 Å². The zero-order valence-electron chi connectivity index (χ0n) is 37.6. The number of benzene rings is 5. The summed E-state index contributed by atoms with van der Waals surface area (Å²) in [4.78, 5) is 54.0. The Bertz CT molecular complexity index is 2820. The fourth-order valence-corrected chi connectivity index (χ4v) is 8.52. The second kappa shape index (κ2) is 25.2. The number of nitro benzene ring substituents is 2. The molecule has 68 heavy (non-hydrogen) atoms. The number of ether oxygens (including phenoxy) is 2. The van der Waals surface area contributed by atoms with Gasteiger partial charge in [-0.1, -0.05) is 59.2 Å². The van der Waals surface area contributed by atoms with Gasteiger partial charge in [-0.25, -0.2) is 0 Å². The van der Waals surface area contributed by atoms with Crippen LogP contribution in [0.4, 0.5) is 11.4 Å². The number of nitro groups is 2. The number of hydrogen-bond donors (Lipinski definition) is 0. The Balaban J connectivity index is 0.000000284. The zero-order chi connectivity index (χ0) is 48.7. The van der Waals surface area contributed by atoms with Gasteiger partial charge in [0.15, 0.2) is 0 Å². The average Bonchev–Trinajstić information content (AvgIpc) is 3.86. The molecule has 2 aliphatic rings. The van der Waals surface area contributed by atoms with Crippen LogP contribution in [0.2, 0.25) is 0 Å². The first-order chi connectivity index (χ1) is 32.1. The van der Waals surface area contributed by atoms with Gasteiger partial charge in [0.05, 0.1) is 41.6 Å². The van der Waals surface area contributed by atoms with Crippen LogP contribution < -0.4 is 39.0 Å². The molecule has 2 fully saturated rings. The third-order valence-electron chi connectivity index (χ3n) is 11.0. The van der Waals surface area contributed by atoms with E-state index < -0.39 is 26.0 Å². The Labute approximate surface area is 413 Å². The predicted octanol–water partition coefficient (Wildman–Crippen LogP) is 6.42. The van der Waals surface area contributed by atoms with Crippen LogP contribution in [-0.4, -0.2) is 79.3 Å². The summed E-state index contributed by atoms with van der Waals surface area (Å²) >= 11 is 0. The van der Waals surface area contributed by atoms with Crippen molar-refractivity contribution in [1.82, 2.24) is 9.80 Å². The number of rotatable bonds is 16. The Morgan fingerprint density at radius 2 is 1.16 bits per heavy atom. The van der Waals surface area contributed by atoms with Crippen molar-refractivity contribution in [2.75, 3.05) is 27.4 Å². The molecule has 7 rings (SSSR count). The minimum Gasteiger partial charge on any atom is -0.496 e. The SMILES string of the molecule is COc1ccc(CN2C(=O)CCC2CN=[N+]=[N-])cc1-c1cccc([N+](=O)[O-])c1.COc1ccc(CN2C(=O)CCC2COS(=O)(=O)c2ccc(C)cc2)cc1-c1cccc([N+](=O)[O-])c1.[N-]=[N+]=[N-].[Na+]. The molecule has 0 spiro atoms. The molecule has 0 N–H and O–H groups in total. The predicted molar refractivity (Wildman–Crippen MR) is 246 cm³/mol. The van der Waals surface area contributed by atoms with Gasteiger partial charge in [0.2, 0.25) is 11.8 Å². The third-order valence-corrected chi connectivity index (χ3v) is 12.3. The van der Waals surface area contributed by atoms with Crippen molar-refractivity contribution in [2.24, 2.45) is 5.11 Å². The molecule has 21 nitrogen and oxygen atoms in total. The Morgan fingerprint density at radius 3 is 1.60 bits per heavy atom. The maximum Gasteiger partial charge on any atom is 1.00 e. The molecule has 2 unspecified atom stereocenters. The molecule has 2 saturated heterocycles. The van der Waals surface area contributed by atoms with E-state index in [4.69, 9.17) is 30.3 Å². The molecule has 348 valence electrons. The Kier molecular flexibility index (Phi) is 19.9. The fraction of sp³-hybridized carbons (Fsp3) is 0.289. The summed E-state index contributed by atoms with van der Waals surface area (Å²) in [6.07, 6.45) is 1.87. The molecule has 2 aliphatic heterocycles. The van der Waals surface area contributed by atoms with Gasteiger partial charge in [0.25, 0.3) is 21.5 Å². The number of aryl methyl sites for hydroxylation is 1. The van der Waals surface area contributed by atoms with E-state index in [1.54, 1.807) is 58.3 Å². The maximum atomic E-state index is 12.6. The number of carbonyl (C=O) groups is 2. The van der Waals surface area contributed by atoms with Crippen LogP contribution >= 0.6 is 0 Å². The van der Waals surface area contributed by atoms with Crippen LogP contribution in [0.1, 0.15) is 42.4 Å². The Morgan fingerprint density at radius 1 is 0.706 bits per heavy atom. The number of likely N-dealkylation sites (tertiary alicyclic amines) is 2.